The van der Waals surface area contributed by atoms with Gasteiger partial charge in [0, 0.05) is 7.05 Å². The molecule has 0 bridgehead atoms. The van der Waals surface area contributed by atoms with Gasteiger partial charge in [-0.1, -0.05) is 6.92 Å². The van der Waals surface area contributed by atoms with E-state index >= 15 is 0 Å². The van der Waals surface area contributed by atoms with Crippen LogP contribution in [0, 0.1) is 10.7 Å². The van der Waals surface area contributed by atoms with Crippen molar-refractivity contribution in [3.05, 3.63) is 23.2 Å². The average Bonchev–Trinajstić information content (AvgIpc) is 3.05. The van der Waals surface area contributed by atoms with Crippen LogP contribution in [-0.2, 0) is 13.7 Å². The number of furan rings is 1. The molecule has 108 valence electrons. The summed E-state index contributed by atoms with van der Waals surface area (Å²) in [5.41, 5.74) is 0. The first kappa shape index (κ1) is 13.6. The summed E-state index contributed by atoms with van der Waals surface area (Å²) in [6, 6.07) is 3.78. The Bertz CT molecular complexity index is 620. The minimum absolute atomic E-state index is 0.752. The molecule has 1 N–H and O–H groups in total. The molecular formula is C14H21N4OS+. The number of nitrogens with zero attached hydrogens (tertiary/aromatic N) is 3. The molecule has 2 aromatic rings. The smallest absolute Gasteiger partial charge is 0.202 e. The van der Waals surface area contributed by atoms with Gasteiger partial charge in [0.25, 0.3) is 0 Å². The van der Waals surface area contributed by atoms with Crippen LogP contribution in [0.25, 0.3) is 11.6 Å². The van der Waals surface area contributed by atoms with Crippen molar-refractivity contribution < 1.29 is 9.32 Å². The summed E-state index contributed by atoms with van der Waals surface area (Å²) in [7, 11) is 1.94. The van der Waals surface area contributed by atoms with Crippen LogP contribution in [0.2, 0.25) is 0 Å². The third-order valence-corrected chi connectivity index (χ3v) is 4.62. The molecule has 5 nitrogen and oxygen atoms in total. The molecule has 0 spiro atoms. The molecule has 1 saturated heterocycles. The van der Waals surface area contributed by atoms with Crippen LogP contribution in [0.15, 0.2) is 22.8 Å². The average molecular weight is 293 g/mol. The molecule has 0 aliphatic carbocycles. The zero-order chi connectivity index (χ0) is 14.1. The maximum Gasteiger partial charge on any atom is 0.202 e. The maximum atomic E-state index is 5.49. The van der Waals surface area contributed by atoms with Crippen molar-refractivity contribution in [3.8, 4) is 11.6 Å². The Labute approximate surface area is 123 Å². The summed E-state index contributed by atoms with van der Waals surface area (Å²) in [5.74, 6) is 2.42. The fourth-order valence-electron chi connectivity index (χ4n) is 2.75. The van der Waals surface area contributed by atoms with Crippen LogP contribution in [0.3, 0.4) is 0 Å². The second kappa shape index (κ2) is 5.54. The quantitative estimate of drug-likeness (QED) is 0.872. The van der Waals surface area contributed by atoms with E-state index in [-0.39, 0.29) is 0 Å². The zero-order valence-electron chi connectivity index (χ0n) is 12.0. The van der Waals surface area contributed by atoms with Crippen LogP contribution in [0.1, 0.15) is 19.8 Å². The number of hydrogen-bond acceptors (Lipinski definition) is 3. The molecule has 6 heteroatoms. The van der Waals surface area contributed by atoms with E-state index in [4.69, 9.17) is 16.6 Å². The highest BCUT2D eigenvalue weighted by Gasteiger charge is 2.21. The predicted octanol–water partition coefficient (Wildman–Crippen LogP) is 1.48. The molecular weight excluding hydrogens is 272 g/mol. The van der Waals surface area contributed by atoms with Gasteiger partial charge in [0.2, 0.25) is 4.77 Å². The lowest BCUT2D eigenvalue weighted by Crippen LogP contribution is -3.12. The summed E-state index contributed by atoms with van der Waals surface area (Å²) in [6.07, 6.45) is 4.25. The molecule has 3 rings (SSSR count). The summed E-state index contributed by atoms with van der Waals surface area (Å²) >= 11 is 5.49. The minimum atomic E-state index is 0.752. The molecule has 0 unspecified atom stereocenters. The lowest BCUT2D eigenvalue weighted by molar-refractivity contribution is -0.929. The van der Waals surface area contributed by atoms with Gasteiger partial charge >= 0.3 is 0 Å². The van der Waals surface area contributed by atoms with Crippen molar-refractivity contribution in [1.29, 1.82) is 0 Å². The number of hydrogen-bond donors (Lipinski definition) is 1. The molecule has 1 aliphatic heterocycles. The van der Waals surface area contributed by atoms with Crippen LogP contribution >= 0.6 is 12.2 Å². The van der Waals surface area contributed by atoms with E-state index in [9.17, 15) is 0 Å². The summed E-state index contributed by atoms with van der Waals surface area (Å²) in [6.45, 7) is 5.59. The Hall–Kier alpha value is -1.40. The van der Waals surface area contributed by atoms with E-state index in [1.165, 1.54) is 25.9 Å². The van der Waals surface area contributed by atoms with Crippen molar-refractivity contribution in [2.75, 3.05) is 13.1 Å². The van der Waals surface area contributed by atoms with Crippen molar-refractivity contribution in [3.63, 3.8) is 0 Å². The summed E-state index contributed by atoms with van der Waals surface area (Å²) < 4.78 is 10.0. The van der Waals surface area contributed by atoms with Crippen LogP contribution in [-0.4, -0.2) is 27.4 Å². The van der Waals surface area contributed by atoms with Gasteiger partial charge in [-0.2, -0.15) is 4.68 Å². The number of piperidine rings is 1. The molecule has 2 aromatic heterocycles. The van der Waals surface area contributed by atoms with Gasteiger partial charge in [0.05, 0.1) is 19.4 Å². The van der Waals surface area contributed by atoms with E-state index < -0.39 is 0 Å². The van der Waals surface area contributed by atoms with E-state index in [1.54, 1.807) is 11.2 Å². The predicted molar refractivity (Wildman–Crippen MR) is 78.8 cm³/mol. The highest BCUT2D eigenvalue weighted by atomic mass is 32.1. The molecule has 0 atom stereocenters. The third-order valence-electron chi connectivity index (χ3n) is 4.14. The largest absolute Gasteiger partial charge is 0.461 e. The Kier molecular flexibility index (Phi) is 3.76. The SMILES string of the molecule is CC1CC[NH+](Cn2nc(-c3ccco3)n(C)c2=S)CC1. The second-order valence-corrected chi connectivity index (χ2v) is 6.10. The monoisotopic (exact) mass is 293 g/mol. The fraction of sp³-hybridized carbons (Fsp3) is 0.571. The molecule has 0 amide bonds. The van der Waals surface area contributed by atoms with Gasteiger partial charge < -0.3 is 13.9 Å². The highest BCUT2D eigenvalue weighted by Crippen LogP contribution is 2.17. The Balaban J connectivity index is 1.81. The fourth-order valence-corrected chi connectivity index (χ4v) is 2.94. The Morgan fingerprint density at radius 2 is 2.20 bits per heavy atom. The molecule has 20 heavy (non-hydrogen) atoms. The van der Waals surface area contributed by atoms with Gasteiger partial charge in [-0.05, 0) is 43.1 Å². The lowest BCUT2D eigenvalue weighted by Gasteiger charge is -2.26. The van der Waals surface area contributed by atoms with Crippen LogP contribution in [0.4, 0.5) is 0 Å². The van der Waals surface area contributed by atoms with E-state index in [1.807, 2.05) is 28.4 Å². The molecule has 0 saturated carbocycles. The molecule has 1 aliphatic rings. The minimum Gasteiger partial charge on any atom is -0.461 e. The first-order chi connectivity index (χ1) is 9.65. The maximum absolute atomic E-state index is 5.49. The Morgan fingerprint density at radius 3 is 2.85 bits per heavy atom. The third kappa shape index (κ3) is 2.58. The van der Waals surface area contributed by atoms with Gasteiger partial charge in [-0.25, -0.2) is 0 Å². The first-order valence-corrected chi connectivity index (χ1v) is 7.57. The van der Waals surface area contributed by atoms with Crippen LogP contribution < -0.4 is 4.90 Å². The van der Waals surface area contributed by atoms with Crippen molar-refractivity contribution in [2.45, 2.75) is 26.4 Å². The molecule has 0 radical (unpaired) electrons. The first-order valence-electron chi connectivity index (χ1n) is 7.16. The molecule has 3 heterocycles. The van der Waals surface area contributed by atoms with Gasteiger partial charge in [-0.3, -0.25) is 0 Å². The van der Waals surface area contributed by atoms with Crippen LogP contribution in [0.5, 0.6) is 0 Å². The van der Waals surface area contributed by atoms with Crippen molar-refractivity contribution in [1.82, 2.24) is 14.3 Å². The zero-order valence-corrected chi connectivity index (χ0v) is 12.8. The topological polar surface area (TPSA) is 40.3 Å². The number of likely N-dealkylation sites (tertiary alicyclic amines) is 1. The number of quaternary nitrogens is 1. The molecule has 1 fully saturated rings. The summed E-state index contributed by atoms with van der Waals surface area (Å²) in [4.78, 5) is 1.56. The number of aromatic nitrogens is 3. The number of rotatable bonds is 3. The van der Waals surface area contributed by atoms with E-state index in [0.29, 0.717) is 0 Å². The van der Waals surface area contributed by atoms with Gasteiger partial charge in [0.1, 0.15) is 0 Å². The Morgan fingerprint density at radius 1 is 1.45 bits per heavy atom. The normalized spacial score (nSPS) is 23.1. The molecule has 0 aromatic carbocycles. The lowest BCUT2D eigenvalue weighted by atomic mass is 10.00. The van der Waals surface area contributed by atoms with E-state index in [0.717, 1.165) is 28.9 Å². The second-order valence-electron chi connectivity index (χ2n) is 5.73. The standard InChI is InChI=1S/C14H20N4OS/c1-11-5-7-17(8-6-11)10-18-14(20)16(2)13(15-18)12-4-3-9-19-12/h3-4,9,11H,5-8,10H2,1-2H3/p+1. The van der Waals surface area contributed by atoms with E-state index in [2.05, 4.69) is 12.0 Å². The van der Waals surface area contributed by atoms with Gasteiger partial charge in [-0.15, -0.1) is 5.10 Å². The van der Waals surface area contributed by atoms with Crippen molar-refractivity contribution >= 4 is 12.2 Å². The highest BCUT2D eigenvalue weighted by molar-refractivity contribution is 7.71. The number of nitrogens with one attached hydrogen (secondary N) is 1. The van der Waals surface area contributed by atoms with Crippen molar-refractivity contribution in [2.24, 2.45) is 13.0 Å². The van der Waals surface area contributed by atoms with Gasteiger partial charge in [0.15, 0.2) is 18.3 Å². The summed E-state index contributed by atoms with van der Waals surface area (Å²) in [5, 5.41) is 4.63.